The highest BCUT2D eigenvalue weighted by molar-refractivity contribution is 6.17. The number of piperazine rings is 1. The molecule has 0 radical (unpaired) electrons. The molecule has 0 saturated carbocycles. The van der Waals surface area contributed by atoms with Gasteiger partial charge in [0.25, 0.3) is 0 Å². The highest BCUT2D eigenvalue weighted by atomic mass is 16.5. The van der Waals surface area contributed by atoms with Crippen LogP contribution in [0.2, 0.25) is 0 Å². The number of anilines is 3. The predicted molar refractivity (Wildman–Crippen MR) is 163 cm³/mol. The third kappa shape index (κ3) is 6.09. The Bertz CT molecular complexity index is 1510. The lowest BCUT2D eigenvalue weighted by Gasteiger charge is -2.36. The Morgan fingerprint density at radius 1 is 1.02 bits per heavy atom. The minimum atomic E-state index is -0.316. The molecule has 9 nitrogen and oxygen atoms in total. The fourth-order valence-corrected chi connectivity index (χ4v) is 4.93. The zero-order chi connectivity index (χ0) is 28.8. The van der Waals surface area contributed by atoms with Crippen molar-refractivity contribution in [1.29, 1.82) is 0 Å². The number of hydrogen-bond donors (Lipinski definition) is 2. The fraction of sp³-hybridized carbons (Fsp3) is 0.258. The van der Waals surface area contributed by atoms with Crippen LogP contribution in [0.4, 0.5) is 17.1 Å². The maximum atomic E-state index is 12.3. The van der Waals surface area contributed by atoms with Crippen LogP contribution in [0, 0.1) is 0 Å². The monoisotopic (exact) mass is 540 g/mol. The summed E-state index contributed by atoms with van der Waals surface area (Å²) in [4.78, 5) is 32.7. The van der Waals surface area contributed by atoms with Gasteiger partial charge < -0.3 is 29.7 Å². The summed E-state index contributed by atoms with van der Waals surface area (Å²) in [5.41, 5.74) is 5.78. The molecule has 0 spiro atoms. The molecule has 40 heavy (non-hydrogen) atoms. The molecule has 0 aliphatic carbocycles. The quantitative estimate of drug-likeness (QED) is 0.297. The average Bonchev–Trinajstić information content (AvgIpc) is 3.29. The Balaban J connectivity index is 1.69. The van der Waals surface area contributed by atoms with E-state index in [9.17, 15) is 9.59 Å². The number of carbonyl (C=O) groups is 2. The van der Waals surface area contributed by atoms with E-state index in [1.54, 1.807) is 14.0 Å². The summed E-state index contributed by atoms with van der Waals surface area (Å²) in [5.74, 6) is 0.353. The van der Waals surface area contributed by atoms with E-state index in [-0.39, 0.29) is 11.8 Å². The molecule has 4 rings (SSSR count). The van der Waals surface area contributed by atoms with Gasteiger partial charge >= 0.3 is 0 Å². The Kier molecular flexibility index (Phi) is 8.73. The molecule has 2 N–H and O–H groups in total. The van der Waals surface area contributed by atoms with Crippen LogP contribution in [0.1, 0.15) is 19.4 Å². The van der Waals surface area contributed by atoms with Crippen molar-refractivity contribution in [1.82, 2.24) is 9.47 Å². The number of rotatable bonds is 9. The largest absolute Gasteiger partial charge is 0.494 e. The molecule has 2 amide bonds. The molecule has 1 aromatic heterocycles. The van der Waals surface area contributed by atoms with Crippen molar-refractivity contribution in [3.8, 4) is 5.75 Å². The summed E-state index contributed by atoms with van der Waals surface area (Å²) >= 11 is 0. The van der Waals surface area contributed by atoms with E-state index in [0.717, 1.165) is 33.6 Å². The highest BCUT2D eigenvalue weighted by Gasteiger charge is 2.23. The molecule has 2 heterocycles. The van der Waals surface area contributed by atoms with E-state index in [0.29, 0.717) is 43.3 Å². The first-order valence-corrected chi connectivity index (χ1v) is 13.1. The average molecular weight is 541 g/mol. The van der Waals surface area contributed by atoms with Gasteiger partial charge in [0.05, 0.1) is 29.9 Å². The lowest BCUT2D eigenvalue weighted by molar-refractivity contribution is -0.129. The van der Waals surface area contributed by atoms with Crippen molar-refractivity contribution in [3.63, 3.8) is 0 Å². The number of ether oxygens (including phenoxy) is 1. The molecule has 9 heteroatoms. The first-order valence-electron chi connectivity index (χ1n) is 13.1. The number of para-hydroxylation sites is 1. The number of amides is 2. The van der Waals surface area contributed by atoms with Crippen LogP contribution >= 0.6 is 0 Å². The normalized spacial score (nSPS) is 14.2. The van der Waals surface area contributed by atoms with Crippen LogP contribution in [0.5, 0.6) is 5.75 Å². The Labute approximate surface area is 235 Å². The van der Waals surface area contributed by atoms with Crippen molar-refractivity contribution in [3.05, 3.63) is 85.4 Å². The second-order valence-corrected chi connectivity index (χ2v) is 9.58. The van der Waals surface area contributed by atoms with Crippen molar-refractivity contribution < 1.29 is 14.3 Å². The number of benzene rings is 2. The maximum Gasteiger partial charge on any atom is 0.247 e. The molecule has 3 aromatic rings. The first-order chi connectivity index (χ1) is 19.2. The van der Waals surface area contributed by atoms with Crippen LogP contribution in [0.25, 0.3) is 10.9 Å². The Morgan fingerprint density at radius 3 is 2.40 bits per heavy atom. The molecule has 1 saturated heterocycles. The number of nitrogens with one attached hydrogen (secondary N) is 2. The summed E-state index contributed by atoms with van der Waals surface area (Å²) in [6.45, 7) is 13.4. The second kappa shape index (κ2) is 12.4. The fourth-order valence-electron chi connectivity index (χ4n) is 4.93. The minimum absolute atomic E-state index is 0.0575. The number of carbonyl (C=O) groups excluding carboxylic acids is 2. The molecule has 0 unspecified atom stereocenters. The Morgan fingerprint density at radius 2 is 1.75 bits per heavy atom. The molecule has 1 aliphatic heterocycles. The summed E-state index contributed by atoms with van der Waals surface area (Å²) in [6.07, 6.45) is 6.79. The molecular formula is C31H36N6O3. The standard InChI is InChI=1S/C31H36N6O3/c1-7-31(39)34-26-18-27(30(40-6)19-29(26)37-15-13-36(14-16-37)22(4)38)33-21(3)17-25(32-8-2)24-20-35(5)28-12-10-9-11-23(24)28/h7-12,17-20,33H,1-2,13-16H2,3-6H3,(H,34,39)/b21-17+,32-25+. The van der Waals surface area contributed by atoms with E-state index >= 15 is 0 Å². The zero-order valence-corrected chi connectivity index (χ0v) is 23.5. The van der Waals surface area contributed by atoms with Gasteiger partial charge in [0.15, 0.2) is 0 Å². The highest BCUT2D eigenvalue weighted by Crippen LogP contribution is 2.38. The number of nitrogens with zero attached hydrogens (tertiary/aromatic N) is 4. The van der Waals surface area contributed by atoms with Crippen molar-refractivity contribution >= 4 is 45.5 Å². The Hall–Kier alpha value is -4.79. The van der Waals surface area contributed by atoms with Crippen LogP contribution < -0.4 is 20.3 Å². The number of fused-ring (bicyclic) bond motifs is 1. The van der Waals surface area contributed by atoms with E-state index in [2.05, 4.69) is 56.6 Å². The van der Waals surface area contributed by atoms with Gasteiger partial charge in [0.2, 0.25) is 11.8 Å². The maximum absolute atomic E-state index is 12.3. The summed E-state index contributed by atoms with van der Waals surface area (Å²) in [7, 11) is 3.62. The number of allylic oxidation sites excluding steroid dienone is 2. The first kappa shape index (κ1) is 28.2. The molecule has 0 bridgehead atoms. The molecule has 0 atom stereocenters. The number of aryl methyl sites for hydroxylation is 1. The molecular weight excluding hydrogens is 504 g/mol. The third-order valence-corrected chi connectivity index (χ3v) is 6.92. The predicted octanol–water partition coefficient (Wildman–Crippen LogP) is 4.93. The third-order valence-electron chi connectivity index (χ3n) is 6.92. The number of aliphatic imine (C=N–C) groups is 1. The van der Waals surface area contributed by atoms with Gasteiger partial charge in [-0.1, -0.05) is 31.4 Å². The molecule has 1 aliphatic rings. The van der Waals surface area contributed by atoms with Gasteiger partial charge in [-0.3, -0.25) is 14.6 Å². The van der Waals surface area contributed by atoms with Crippen LogP contribution in [-0.2, 0) is 16.6 Å². The lowest BCUT2D eigenvalue weighted by Crippen LogP contribution is -2.48. The number of methoxy groups -OCH3 is 1. The molecule has 1 fully saturated rings. The molecule has 208 valence electrons. The second-order valence-electron chi connectivity index (χ2n) is 9.58. The summed E-state index contributed by atoms with van der Waals surface area (Å²) in [6, 6.07) is 11.9. The smallest absolute Gasteiger partial charge is 0.247 e. The lowest BCUT2D eigenvalue weighted by atomic mass is 10.1. The molecule has 2 aromatic carbocycles. The van der Waals surface area contributed by atoms with Crippen molar-refractivity contribution in [2.75, 3.05) is 48.8 Å². The van der Waals surface area contributed by atoms with Crippen LogP contribution in [0.15, 0.2) is 84.8 Å². The van der Waals surface area contributed by atoms with Gasteiger partial charge in [0.1, 0.15) is 5.75 Å². The van der Waals surface area contributed by atoms with Crippen LogP contribution in [-0.4, -0.2) is 60.3 Å². The SMILES string of the molecule is C=C/N=C(\C=C(/C)Nc1cc(NC(=O)C=C)c(N2CCN(C(C)=O)CC2)cc1OC)c1cn(C)c2ccccc12. The van der Waals surface area contributed by atoms with Crippen molar-refractivity contribution in [2.24, 2.45) is 12.0 Å². The summed E-state index contributed by atoms with van der Waals surface area (Å²) in [5, 5.41) is 7.45. The summed E-state index contributed by atoms with van der Waals surface area (Å²) < 4.78 is 7.83. The van der Waals surface area contributed by atoms with Crippen LogP contribution in [0.3, 0.4) is 0 Å². The zero-order valence-electron chi connectivity index (χ0n) is 23.5. The van der Waals surface area contributed by atoms with Crippen molar-refractivity contribution in [2.45, 2.75) is 13.8 Å². The van der Waals surface area contributed by atoms with Gasteiger partial charge in [-0.2, -0.15) is 0 Å². The van der Waals surface area contributed by atoms with E-state index < -0.39 is 0 Å². The van der Waals surface area contributed by atoms with E-state index in [1.165, 1.54) is 12.3 Å². The van der Waals surface area contributed by atoms with Gasteiger partial charge in [-0.25, -0.2) is 0 Å². The number of aromatic nitrogens is 1. The number of hydrogen-bond acceptors (Lipinski definition) is 6. The topological polar surface area (TPSA) is 91.2 Å². The minimum Gasteiger partial charge on any atom is -0.494 e. The van der Waals surface area contributed by atoms with Gasteiger partial charge in [0, 0.05) is 80.8 Å². The van der Waals surface area contributed by atoms with Gasteiger partial charge in [-0.05, 0) is 31.2 Å². The van der Waals surface area contributed by atoms with Gasteiger partial charge in [-0.15, -0.1) is 0 Å². The van der Waals surface area contributed by atoms with E-state index in [1.807, 2.05) is 49.2 Å². The van der Waals surface area contributed by atoms with E-state index in [4.69, 9.17) is 4.74 Å².